The first-order chi connectivity index (χ1) is 19.1. The number of benzene rings is 4. The molecular weight excluding hydrogens is 490 g/mol. The summed E-state index contributed by atoms with van der Waals surface area (Å²) >= 11 is 0. The number of rotatable bonds is 9. The number of aromatic nitrogens is 1. The second-order valence-corrected chi connectivity index (χ2v) is 8.68. The molecule has 194 valence electrons. The van der Waals surface area contributed by atoms with E-state index in [1.165, 1.54) is 0 Å². The van der Waals surface area contributed by atoms with Crippen LogP contribution >= 0.6 is 0 Å². The molecule has 5 aromatic rings. The van der Waals surface area contributed by atoms with Crippen molar-refractivity contribution in [2.24, 2.45) is 5.10 Å². The van der Waals surface area contributed by atoms with Crippen LogP contribution in [-0.4, -0.2) is 31.3 Å². The lowest BCUT2D eigenvalue weighted by atomic mass is 10.0. The van der Waals surface area contributed by atoms with Crippen LogP contribution in [0.4, 0.5) is 0 Å². The van der Waals surface area contributed by atoms with E-state index < -0.39 is 0 Å². The molecule has 0 aliphatic carbocycles. The van der Waals surface area contributed by atoms with Gasteiger partial charge in [0.05, 0.1) is 37.2 Å². The molecule has 1 amide bonds. The largest absolute Gasteiger partial charge is 0.497 e. The molecule has 4 aromatic carbocycles. The normalized spacial score (nSPS) is 10.9. The van der Waals surface area contributed by atoms with E-state index in [-0.39, 0.29) is 5.91 Å². The molecule has 0 unspecified atom stereocenters. The molecule has 0 fully saturated rings. The van der Waals surface area contributed by atoms with Crippen molar-refractivity contribution in [2.75, 3.05) is 14.2 Å². The summed E-state index contributed by atoms with van der Waals surface area (Å²) in [6.45, 7) is 0.430. The highest BCUT2D eigenvalue weighted by Crippen LogP contribution is 2.29. The summed E-state index contributed by atoms with van der Waals surface area (Å²) in [5, 5.41) is 4.93. The van der Waals surface area contributed by atoms with Gasteiger partial charge in [-0.05, 0) is 65.7 Å². The fraction of sp³-hybridized carbons (Fsp3) is 0.0938. The molecule has 1 aromatic heterocycles. The molecule has 0 spiro atoms. The van der Waals surface area contributed by atoms with Gasteiger partial charge in [0.2, 0.25) is 0 Å². The zero-order valence-electron chi connectivity index (χ0n) is 21.6. The van der Waals surface area contributed by atoms with Crippen molar-refractivity contribution in [1.82, 2.24) is 10.4 Å². The minimum atomic E-state index is -0.339. The Balaban J connectivity index is 1.33. The monoisotopic (exact) mass is 517 g/mol. The van der Waals surface area contributed by atoms with Crippen molar-refractivity contribution in [3.05, 3.63) is 120 Å². The van der Waals surface area contributed by atoms with E-state index in [1.54, 1.807) is 32.6 Å². The SMILES string of the molecule is COc1ccc(-c2cc(C(=O)N/N=C/c3ccc(OCc4ccccc4)c(OC)c3)c3ccccc3n2)cc1. The zero-order valence-corrected chi connectivity index (χ0v) is 21.6. The average Bonchev–Trinajstić information content (AvgIpc) is 3.00. The van der Waals surface area contributed by atoms with Crippen molar-refractivity contribution >= 4 is 23.0 Å². The maximum Gasteiger partial charge on any atom is 0.272 e. The maximum atomic E-state index is 13.2. The van der Waals surface area contributed by atoms with Gasteiger partial charge < -0.3 is 14.2 Å². The van der Waals surface area contributed by atoms with Gasteiger partial charge in [0.15, 0.2) is 11.5 Å². The number of nitrogens with zero attached hydrogens (tertiary/aromatic N) is 2. The number of para-hydroxylation sites is 1. The van der Waals surface area contributed by atoms with Crippen molar-refractivity contribution in [1.29, 1.82) is 0 Å². The predicted octanol–water partition coefficient (Wildman–Crippen LogP) is 6.26. The van der Waals surface area contributed by atoms with E-state index in [1.807, 2.05) is 91.0 Å². The molecule has 0 bridgehead atoms. The third-order valence-electron chi connectivity index (χ3n) is 6.15. The Hall–Kier alpha value is -5.17. The Morgan fingerprint density at radius 3 is 2.38 bits per heavy atom. The van der Waals surface area contributed by atoms with E-state index in [0.717, 1.165) is 33.3 Å². The van der Waals surface area contributed by atoms with Gasteiger partial charge in [0, 0.05) is 10.9 Å². The standard InChI is InChI=1S/C32H27N3O4/c1-37-25-15-13-24(14-16-25)29-19-27(26-10-6-7-11-28(26)34-29)32(36)35-33-20-23-12-17-30(31(18-23)38-2)39-21-22-8-4-3-5-9-22/h3-20H,21H2,1-2H3,(H,35,36)/b33-20+. The van der Waals surface area contributed by atoms with Crippen LogP contribution in [0.5, 0.6) is 17.2 Å². The maximum absolute atomic E-state index is 13.2. The van der Waals surface area contributed by atoms with Gasteiger partial charge in [-0.1, -0.05) is 48.5 Å². The van der Waals surface area contributed by atoms with Gasteiger partial charge in [0.25, 0.3) is 5.91 Å². The zero-order chi connectivity index (χ0) is 27.0. The van der Waals surface area contributed by atoms with E-state index >= 15 is 0 Å². The van der Waals surface area contributed by atoms with Gasteiger partial charge in [-0.15, -0.1) is 0 Å². The molecule has 1 N–H and O–H groups in total. The summed E-state index contributed by atoms with van der Waals surface area (Å²) in [4.78, 5) is 18.0. The number of carbonyl (C=O) groups is 1. The molecule has 0 saturated heterocycles. The number of ether oxygens (including phenoxy) is 3. The molecule has 39 heavy (non-hydrogen) atoms. The van der Waals surface area contributed by atoms with Crippen molar-refractivity contribution in [3.63, 3.8) is 0 Å². The fourth-order valence-electron chi connectivity index (χ4n) is 4.12. The fourth-order valence-corrected chi connectivity index (χ4v) is 4.12. The molecule has 0 aliphatic heterocycles. The van der Waals surface area contributed by atoms with Crippen LogP contribution in [-0.2, 0) is 6.61 Å². The second kappa shape index (κ2) is 11.9. The van der Waals surface area contributed by atoms with Gasteiger partial charge in [-0.25, -0.2) is 10.4 Å². The number of hydrogen-bond acceptors (Lipinski definition) is 6. The first-order valence-corrected chi connectivity index (χ1v) is 12.4. The van der Waals surface area contributed by atoms with E-state index in [9.17, 15) is 4.79 Å². The van der Waals surface area contributed by atoms with Crippen molar-refractivity contribution in [2.45, 2.75) is 6.61 Å². The van der Waals surface area contributed by atoms with Crippen LogP contribution in [0.15, 0.2) is 108 Å². The van der Waals surface area contributed by atoms with Crippen molar-refractivity contribution < 1.29 is 19.0 Å². The van der Waals surface area contributed by atoms with Crippen LogP contribution in [0.2, 0.25) is 0 Å². The molecule has 7 heteroatoms. The quantitative estimate of drug-likeness (QED) is 0.184. The summed E-state index contributed by atoms with van der Waals surface area (Å²) in [7, 11) is 3.21. The Kier molecular flexibility index (Phi) is 7.79. The molecule has 0 aliphatic rings. The number of nitrogens with one attached hydrogen (secondary N) is 1. The lowest BCUT2D eigenvalue weighted by Gasteiger charge is -2.11. The van der Waals surface area contributed by atoms with Gasteiger partial charge >= 0.3 is 0 Å². The van der Waals surface area contributed by atoms with Gasteiger partial charge in [-0.2, -0.15) is 5.10 Å². The minimum absolute atomic E-state index is 0.339. The van der Waals surface area contributed by atoms with Gasteiger partial charge in [0.1, 0.15) is 12.4 Å². The van der Waals surface area contributed by atoms with E-state index in [4.69, 9.17) is 19.2 Å². The third kappa shape index (κ3) is 6.05. The van der Waals surface area contributed by atoms with Crippen molar-refractivity contribution in [3.8, 4) is 28.5 Å². The second-order valence-electron chi connectivity index (χ2n) is 8.68. The molecule has 5 rings (SSSR count). The number of pyridine rings is 1. The molecule has 0 atom stereocenters. The first kappa shape index (κ1) is 25.5. The van der Waals surface area contributed by atoms with Gasteiger partial charge in [-0.3, -0.25) is 4.79 Å². The topological polar surface area (TPSA) is 82.0 Å². The molecule has 1 heterocycles. The molecule has 7 nitrogen and oxygen atoms in total. The molecular formula is C32H27N3O4. The lowest BCUT2D eigenvalue weighted by Crippen LogP contribution is -2.18. The Morgan fingerprint density at radius 1 is 0.846 bits per heavy atom. The van der Waals surface area contributed by atoms with Crippen LogP contribution < -0.4 is 19.6 Å². The Bertz CT molecular complexity index is 1620. The summed E-state index contributed by atoms with van der Waals surface area (Å²) in [5.41, 5.74) is 7.21. The van der Waals surface area contributed by atoms with Crippen LogP contribution in [0.1, 0.15) is 21.5 Å². The third-order valence-corrected chi connectivity index (χ3v) is 6.15. The van der Waals surface area contributed by atoms with Crippen LogP contribution in [0.3, 0.4) is 0 Å². The minimum Gasteiger partial charge on any atom is -0.497 e. The highest BCUT2D eigenvalue weighted by molar-refractivity contribution is 6.07. The highest BCUT2D eigenvalue weighted by Gasteiger charge is 2.14. The number of fused-ring (bicyclic) bond motifs is 1. The summed E-state index contributed by atoms with van der Waals surface area (Å²) in [6, 6.07) is 32.3. The van der Waals surface area contributed by atoms with Crippen LogP contribution in [0, 0.1) is 0 Å². The number of carbonyl (C=O) groups excluding carboxylic acids is 1. The lowest BCUT2D eigenvalue weighted by molar-refractivity contribution is 0.0956. The van der Waals surface area contributed by atoms with E-state index in [2.05, 4.69) is 10.5 Å². The van der Waals surface area contributed by atoms with Crippen LogP contribution in [0.25, 0.3) is 22.2 Å². The van der Waals surface area contributed by atoms with E-state index in [0.29, 0.717) is 29.4 Å². The number of methoxy groups -OCH3 is 2. The average molecular weight is 518 g/mol. The highest BCUT2D eigenvalue weighted by atomic mass is 16.5. The first-order valence-electron chi connectivity index (χ1n) is 12.4. The predicted molar refractivity (Wildman–Crippen MR) is 153 cm³/mol. The Morgan fingerprint density at radius 2 is 1.62 bits per heavy atom. The summed E-state index contributed by atoms with van der Waals surface area (Å²) < 4.78 is 16.7. The number of hydrogen-bond donors (Lipinski definition) is 1. The number of amides is 1. The molecule has 0 saturated carbocycles. The summed E-state index contributed by atoms with van der Waals surface area (Å²) in [6.07, 6.45) is 1.56. The molecule has 0 radical (unpaired) electrons. The smallest absolute Gasteiger partial charge is 0.272 e. The number of hydrazone groups is 1. The summed E-state index contributed by atoms with van der Waals surface area (Å²) in [5.74, 6) is 1.61. The Labute approximate surface area is 226 Å².